The van der Waals surface area contributed by atoms with Crippen molar-refractivity contribution in [2.24, 2.45) is 0 Å². The predicted octanol–water partition coefficient (Wildman–Crippen LogP) is 1.98. The van der Waals surface area contributed by atoms with Crippen LogP contribution in [0, 0.1) is 0 Å². The van der Waals surface area contributed by atoms with Gasteiger partial charge in [0.25, 0.3) is 0 Å². The van der Waals surface area contributed by atoms with E-state index in [-0.39, 0.29) is 0 Å². The molecule has 1 N–H and O–H groups in total. The first kappa shape index (κ1) is 8.18. The van der Waals surface area contributed by atoms with E-state index in [9.17, 15) is 4.80 Å². The summed E-state index contributed by atoms with van der Waals surface area (Å²) in [7, 11) is -1.76. The molecule has 0 aliphatic rings. The molecule has 1 unspecified atom stereocenters. The Bertz CT molecular complexity index is 65.4. The quantitative estimate of drug-likeness (QED) is 0.570. The molecule has 0 aromatic rings. The molecule has 0 aromatic heterocycles. The molecule has 0 amide bonds. The van der Waals surface area contributed by atoms with Crippen molar-refractivity contribution in [3.63, 3.8) is 0 Å². The van der Waals surface area contributed by atoms with Crippen molar-refractivity contribution in [2.45, 2.75) is 38.9 Å². The highest BCUT2D eigenvalue weighted by Gasteiger charge is 2.23. The van der Waals surface area contributed by atoms with Crippen molar-refractivity contribution in [1.29, 1.82) is 0 Å². The molecular formula is C6H16OSi. The van der Waals surface area contributed by atoms with Crippen molar-refractivity contribution >= 4 is 8.32 Å². The lowest BCUT2D eigenvalue weighted by Crippen LogP contribution is -2.30. The van der Waals surface area contributed by atoms with Crippen LogP contribution in [0.3, 0.4) is 0 Å². The molecule has 50 valence electrons. The molecule has 0 heterocycles. The monoisotopic (exact) mass is 132 g/mol. The lowest BCUT2D eigenvalue weighted by molar-refractivity contribution is 0.522. The van der Waals surface area contributed by atoms with E-state index in [1.54, 1.807) is 0 Å². The minimum atomic E-state index is -1.76. The standard InChI is InChI=1S/C6H16OSi/c1-5-6(2)8(3,4)7/h6-7H,5H2,1-4H3. The normalized spacial score (nSPS) is 16.1. The van der Waals surface area contributed by atoms with E-state index >= 15 is 0 Å². The summed E-state index contributed by atoms with van der Waals surface area (Å²) in [6.07, 6.45) is 1.11. The fourth-order valence-electron chi connectivity index (χ4n) is 0.500. The van der Waals surface area contributed by atoms with Gasteiger partial charge in [0.15, 0.2) is 8.32 Å². The Morgan fingerprint density at radius 2 is 1.88 bits per heavy atom. The summed E-state index contributed by atoms with van der Waals surface area (Å²) in [5.74, 6) is 0. The zero-order valence-corrected chi connectivity index (χ0v) is 7.23. The van der Waals surface area contributed by atoms with E-state index < -0.39 is 8.32 Å². The van der Waals surface area contributed by atoms with E-state index in [0.29, 0.717) is 5.54 Å². The molecule has 0 aliphatic carbocycles. The average Bonchev–Trinajstić information content (AvgIpc) is 1.62. The first-order valence-corrected chi connectivity index (χ1v) is 6.23. The largest absolute Gasteiger partial charge is 0.432 e. The zero-order chi connectivity index (χ0) is 6.78. The molecule has 0 rings (SSSR count). The maximum absolute atomic E-state index is 9.43. The van der Waals surface area contributed by atoms with Gasteiger partial charge in [-0.2, -0.15) is 0 Å². The van der Waals surface area contributed by atoms with Crippen LogP contribution in [-0.2, 0) is 0 Å². The molecule has 0 radical (unpaired) electrons. The maximum Gasteiger partial charge on any atom is 0.185 e. The molecule has 1 atom stereocenters. The van der Waals surface area contributed by atoms with E-state index in [2.05, 4.69) is 13.8 Å². The third-order valence-corrected chi connectivity index (χ3v) is 4.64. The summed E-state index contributed by atoms with van der Waals surface area (Å²) in [6, 6.07) is 0. The van der Waals surface area contributed by atoms with Crippen LogP contribution in [-0.4, -0.2) is 13.1 Å². The molecule has 0 aromatic carbocycles. The van der Waals surface area contributed by atoms with Crippen LogP contribution in [0.5, 0.6) is 0 Å². The zero-order valence-electron chi connectivity index (χ0n) is 6.23. The van der Waals surface area contributed by atoms with Gasteiger partial charge in [0, 0.05) is 0 Å². The van der Waals surface area contributed by atoms with Crippen molar-refractivity contribution in [3.8, 4) is 0 Å². The topological polar surface area (TPSA) is 20.2 Å². The highest BCUT2D eigenvalue weighted by atomic mass is 28.4. The van der Waals surface area contributed by atoms with Gasteiger partial charge in [-0.25, -0.2) is 0 Å². The Morgan fingerprint density at radius 3 is 1.88 bits per heavy atom. The fourth-order valence-corrected chi connectivity index (χ4v) is 1.50. The SMILES string of the molecule is CCC(C)[Si](C)(C)O. The van der Waals surface area contributed by atoms with Gasteiger partial charge in [0.05, 0.1) is 0 Å². The lowest BCUT2D eigenvalue weighted by atomic mass is 10.4. The predicted molar refractivity (Wildman–Crippen MR) is 39.4 cm³/mol. The highest BCUT2D eigenvalue weighted by molar-refractivity contribution is 6.71. The minimum absolute atomic E-state index is 0.544. The number of hydrogen-bond acceptors (Lipinski definition) is 1. The van der Waals surface area contributed by atoms with Crippen LogP contribution in [0.15, 0.2) is 0 Å². The maximum atomic E-state index is 9.43. The Hall–Kier alpha value is 0.177. The second-order valence-electron chi connectivity index (χ2n) is 2.96. The second-order valence-corrected chi connectivity index (χ2v) is 7.26. The second kappa shape index (κ2) is 2.64. The molecule has 2 heteroatoms. The van der Waals surface area contributed by atoms with E-state index in [1.165, 1.54) is 0 Å². The molecular weight excluding hydrogens is 116 g/mol. The first-order valence-electron chi connectivity index (χ1n) is 3.20. The molecule has 0 spiro atoms. The molecule has 0 saturated heterocycles. The molecule has 0 bridgehead atoms. The fraction of sp³-hybridized carbons (Fsp3) is 1.00. The van der Waals surface area contributed by atoms with Gasteiger partial charge in [0.2, 0.25) is 0 Å². The van der Waals surface area contributed by atoms with Crippen molar-refractivity contribution in [3.05, 3.63) is 0 Å². The Morgan fingerprint density at radius 1 is 1.50 bits per heavy atom. The lowest BCUT2D eigenvalue weighted by Gasteiger charge is -2.20. The summed E-state index contributed by atoms with van der Waals surface area (Å²) < 4.78 is 0. The van der Waals surface area contributed by atoms with Crippen LogP contribution in [0.2, 0.25) is 18.6 Å². The van der Waals surface area contributed by atoms with Crippen LogP contribution in [0.1, 0.15) is 20.3 Å². The van der Waals surface area contributed by atoms with Crippen molar-refractivity contribution < 1.29 is 4.80 Å². The van der Waals surface area contributed by atoms with Gasteiger partial charge in [-0.15, -0.1) is 0 Å². The minimum Gasteiger partial charge on any atom is -0.432 e. The van der Waals surface area contributed by atoms with Gasteiger partial charge in [0.1, 0.15) is 0 Å². The molecule has 0 saturated carbocycles. The molecule has 1 nitrogen and oxygen atoms in total. The van der Waals surface area contributed by atoms with Crippen LogP contribution >= 0.6 is 0 Å². The van der Waals surface area contributed by atoms with Crippen molar-refractivity contribution in [2.75, 3.05) is 0 Å². The third-order valence-electron chi connectivity index (χ3n) is 1.82. The third kappa shape index (κ3) is 2.48. The summed E-state index contributed by atoms with van der Waals surface area (Å²) in [4.78, 5) is 9.43. The Kier molecular flexibility index (Phi) is 2.70. The number of rotatable bonds is 2. The average molecular weight is 132 g/mol. The Labute approximate surface area is 52.9 Å². The van der Waals surface area contributed by atoms with Gasteiger partial charge in [-0.1, -0.05) is 20.3 Å². The van der Waals surface area contributed by atoms with Crippen LogP contribution < -0.4 is 0 Å². The van der Waals surface area contributed by atoms with Crippen LogP contribution in [0.25, 0.3) is 0 Å². The number of hydrogen-bond donors (Lipinski definition) is 1. The summed E-state index contributed by atoms with van der Waals surface area (Å²) >= 11 is 0. The van der Waals surface area contributed by atoms with E-state index in [0.717, 1.165) is 6.42 Å². The molecule has 0 fully saturated rings. The van der Waals surface area contributed by atoms with Gasteiger partial charge < -0.3 is 4.80 Å². The van der Waals surface area contributed by atoms with Crippen molar-refractivity contribution in [1.82, 2.24) is 0 Å². The molecule has 8 heavy (non-hydrogen) atoms. The smallest absolute Gasteiger partial charge is 0.185 e. The summed E-state index contributed by atoms with van der Waals surface area (Å²) in [5.41, 5.74) is 0.544. The van der Waals surface area contributed by atoms with E-state index in [4.69, 9.17) is 0 Å². The van der Waals surface area contributed by atoms with Gasteiger partial charge in [-0.05, 0) is 18.6 Å². The first-order chi connectivity index (χ1) is 3.48. The van der Waals surface area contributed by atoms with Gasteiger partial charge in [-0.3, -0.25) is 0 Å². The van der Waals surface area contributed by atoms with Crippen LogP contribution in [0.4, 0.5) is 0 Å². The van der Waals surface area contributed by atoms with Gasteiger partial charge >= 0.3 is 0 Å². The summed E-state index contributed by atoms with van der Waals surface area (Å²) in [5, 5.41) is 0. The highest BCUT2D eigenvalue weighted by Crippen LogP contribution is 2.20. The Balaban J connectivity index is 3.62. The molecule has 0 aliphatic heterocycles. The van der Waals surface area contributed by atoms with E-state index in [1.807, 2.05) is 13.1 Å². The summed E-state index contributed by atoms with van der Waals surface area (Å²) in [6.45, 7) is 8.21.